The van der Waals surface area contributed by atoms with Crippen LogP contribution in [-0.2, 0) is 23.9 Å². The van der Waals surface area contributed by atoms with Crippen LogP contribution in [0.1, 0.15) is 102 Å². The summed E-state index contributed by atoms with van der Waals surface area (Å²) in [5.74, 6) is 1.84. The lowest BCUT2D eigenvalue weighted by Gasteiger charge is -2.44. The largest absolute Gasteiger partial charge is 0.377 e. The minimum Gasteiger partial charge on any atom is -0.377 e. The van der Waals surface area contributed by atoms with E-state index in [4.69, 9.17) is 9.47 Å². The van der Waals surface area contributed by atoms with E-state index in [1.165, 1.54) is 22.6 Å². The number of likely N-dealkylation sites (tertiary alicyclic amines) is 1. The molecule has 11 nitrogen and oxygen atoms in total. The molecule has 0 saturated carbocycles. The molecule has 3 saturated heterocycles. The molecule has 280 valence electrons. The van der Waals surface area contributed by atoms with Gasteiger partial charge in [0.1, 0.15) is 6.54 Å². The van der Waals surface area contributed by atoms with Crippen molar-refractivity contribution < 1.29 is 28.7 Å². The molecule has 3 rings (SSSR count). The maximum absolute atomic E-state index is 11.5. The van der Waals surface area contributed by atoms with E-state index in [1.54, 1.807) is 18.9 Å². The summed E-state index contributed by atoms with van der Waals surface area (Å²) in [7, 11) is 1.61. The molecule has 3 heterocycles. The molecule has 5 amide bonds. The van der Waals surface area contributed by atoms with Crippen molar-refractivity contribution in [3.05, 3.63) is 12.2 Å². The molecule has 0 spiro atoms. The highest BCUT2D eigenvalue weighted by atomic mass is 16.5. The van der Waals surface area contributed by atoms with Gasteiger partial charge in [-0.2, -0.15) is 0 Å². The van der Waals surface area contributed by atoms with Gasteiger partial charge in [-0.25, -0.2) is 4.79 Å². The Morgan fingerprint density at radius 1 is 0.833 bits per heavy atom. The number of ether oxygens (including phenoxy) is 2. The Hall–Kier alpha value is -2.50. The third-order valence-corrected chi connectivity index (χ3v) is 7.83. The van der Waals surface area contributed by atoms with E-state index < -0.39 is 0 Å². The molecule has 0 aromatic heterocycles. The number of urea groups is 1. The van der Waals surface area contributed by atoms with Gasteiger partial charge in [0.05, 0.1) is 32.0 Å². The summed E-state index contributed by atoms with van der Waals surface area (Å²) in [5, 5.41) is 0. The molecule has 2 atom stereocenters. The van der Waals surface area contributed by atoms with Crippen LogP contribution in [0.15, 0.2) is 12.2 Å². The first-order valence-electron chi connectivity index (χ1n) is 18.0. The molecule has 0 aromatic carbocycles. The van der Waals surface area contributed by atoms with Crippen molar-refractivity contribution in [2.75, 3.05) is 66.1 Å². The fourth-order valence-corrected chi connectivity index (χ4v) is 5.91. The van der Waals surface area contributed by atoms with E-state index in [2.05, 4.69) is 59.9 Å². The first-order chi connectivity index (χ1) is 22.3. The topological polar surface area (TPSA) is 103 Å². The molecule has 3 fully saturated rings. The van der Waals surface area contributed by atoms with Gasteiger partial charge in [0.25, 0.3) is 0 Å². The summed E-state index contributed by atoms with van der Waals surface area (Å²) in [6.07, 6.45) is 3.58. The van der Waals surface area contributed by atoms with Crippen LogP contribution in [0.3, 0.4) is 0 Å². The summed E-state index contributed by atoms with van der Waals surface area (Å²) < 4.78 is 10.6. The molecule has 11 heteroatoms. The van der Waals surface area contributed by atoms with Crippen molar-refractivity contribution in [3.8, 4) is 0 Å². The minimum atomic E-state index is -0.234. The number of carbonyl (C=O) groups excluding carboxylic acids is 4. The van der Waals surface area contributed by atoms with Crippen LogP contribution in [0.4, 0.5) is 4.79 Å². The summed E-state index contributed by atoms with van der Waals surface area (Å²) in [6.45, 7) is 34.9. The smallest absolute Gasteiger partial charge is 0.327 e. The third-order valence-electron chi connectivity index (χ3n) is 7.83. The van der Waals surface area contributed by atoms with Gasteiger partial charge in [-0.3, -0.25) is 24.2 Å². The Kier molecular flexibility index (Phi) is 22.5. The number of imide groups is 1. The summed E-state index contributed by atoms with van der Waals surface area (Å²) >= 11 is 0. The molecular formula is C37H71N5O6. The van der Waals surface area contributed by atoms with E-state index in [9.17, 15) is 19.2 Å². The van der Waals surface area contributed by atoms with Crippen LogP contribution in [0.2, 0.25) is 0 Å². The molecule has 0 unspecified atom stereocenters. The van der Waals surface area contributed by atoms with E-state index in [0.29, 0.717) is 57.3 Å². The molecule has 0 radical (unpaired) electrons. The Morgan fingerprint density at radius 2 is 1.35 bits per heavy atom. The number of hydrogen-bond donors (Lipinski definition) is 0. The van der Waals surface area contributed by atoms with Gasteiger partial charge >= 0.3 is 6.03 Å². The molecule has 0 aliphatic carbocycles. The molecule has 0 bridgehead atoms. The molecular weight excluding hydrogens is 610 g/mol. The quantitative estimate of drug-likeness (QED) is 0.197. The first-order valence-corrected chi connectivity index (χ1v) is 18.0. The Morgan fingerprint density at radius 3 is 1.69 bits per heavy atom. The van der Waals surface area contributed by atoms with Crippen LogP contribution >= 0.6 is 0 Å². The zero-order chi connectivity index (χ0) is 37.1. The van der Waals surface area contributed by atoms with Gasteiger partial charge in [-0.1, -0.05) is 54.0 Å². The zero-order valence-electron chi connectivity index (χ0n) is 32.8. The summed E-state index contributed by atoms with van der Waals surface area (Å²) in [5.41, 5.74) is 1.01. The lowest BCUT2D eigenvalue weighted by Crippen LogP contribution is -2.58. The SMILES string of the molecule is C=C1CC(=O)N(CCOC(C)C)C1.CC(=O)N1[C@H](C)CN(CC(C)C)C[C@@H]1C.CC(C)OCCN1C(=O)CN(C)C1=O.CCCC(C)C. The Labute approximate surface area is 293 Å². The predicted octanol–water partition coefficient (Wildman–Crippen LogP) is 5.53. The second kappa shape index (κ2) is 23.8. The number of piperazine rings is 1. The van der Waals surface area contributed by atoms with Gasteiger partial charge in [0.2, 0.25) is 17.7 Å². The predicted molar refractivity (Wildman–Crippen MR) is 195 cm³/mol. The van der Waals surface area contributed by atoms with Gasteiger partial charge < -0.3 is 24.2 Å². The van der Waals surface area contributed by atoms with E-state index >= 15 is 0 Å². The van der Waals surface area contributed by atoms with Crippen molar-refractivity contribution in [2.45, 2.75) is 127 Å². The number of likely N-dealkylation sites (N-methyl/N-ethyl adjacent to an activating group) is 1. The van der Waals surface area contributed by atoms with Crippen LogP contribution < -0.4 is 0 Å². The molecule has 3 aliphatic heterocycles. The lowest BCUT2D eigenvalue weighted by molar-refractivity contribution is -0.136. The van der Waals surface area contributed by atoms with Gasteiger partial charge in [0.15, 0.2) is 0 Å². The van der Waals surface area contributed by atoms with Gasteiger partial charge in [-0.05, 0) is 59.0 Å². The van der Waals surface area contributed by atoms with Crippen molar-refractivity contribution >= 4 is 23.8 Å². The molecule has 0 N–H and O–H groups in total. The first kappa shape index (κ1) is 45.5. The van der Waals surface area contributed by atoms with Gasteiger partial charge in [-0.15, -0.1) is 0 Å². The Bertz CT molecular complexity index is 973. The third kappa shape index (κ3) is 18.9. The van der Waals surface area contributed by atoms with Crippen LogP contribution in [0.5, 0.6) is 0 Å². The highest BCUT2D eigenvalue weighted by Gasteiger charge is 2.33. The normalized spacial score (nSPS) is 20.0. The second-order valence-electron chi connectivity index (χ2n) is 14.7. The maximum atomic E-state index is 11.5. The average Bonchev–Trinajstić information content (AvgIpc) is 3.38. The summed E-state index contributed by atoms with van der Waals surface area (Å²) in [4.78, 5) is 54.3. The molecule has 48 heavy (non-hydrogen) atoms. The summed E-state index contributed by atoms with van der Waals surface area (Å²) in [6, 6.07) is 0.470. The van der Waals surface area contributed by atoms with Crippen molar-refractivity contribution in [2.24, 2.45) is 11.8 Å². The van der Waals surface area contributed by atoms with Crippen molar-refractivity contribution in [3.63, 3.8) is 0 Å². The van der Waals surface area contributed by atoms with Crippen LogP contribution in [-0.4, -0.2) is 139 Å². The number of carbonyl (C=O) groups is 4. The van der Waals surface area contributed by atoms with Crippen LogP contribution in [0.25, 0.3) is 0 Å². The average molecular weight is 682 g/mol. The number of rotatable bonds is 12. The Balaban J connectivity index is 0.000000638. The number of amides is 5. The van der Waals surface area contributed by atoms with Gasteiger partial charge in [0, 0.05) is 65.2 Å². The van der Waals surface area contributed by atoms with E-state index in [-0.39, 0.29) is 42.5 Å². The number of hydrogen-bond acceptors (Lipinski definition) is 7. The van der Waals surface area contributed by atoms with E-state index in [0.717, 1.165) is 31.1 Å². The highest BCUT2D eigenvalue weighted by molar-refractivity contribution is 6.01. The lowest BCUT2D eigenvalue weighted by atomic mass is 10.1. The van der Waals surface area contributed by atoms with Crippen molar-refractivity contribution in [1.29, 1.82) is 0 Å². The second-order valence-corrected chi connectivity index (χ2v) is 14.7. The zero-order valence-corrected chi connectivity index (χ0v) is 32.8. The van der Waals surface area contributed by atoms with E-state index in [1.807, 2.05) is 32.6 Å². The molecule has 3 aliphatic rings. The highest BCUT2D eigenvalue weighted by Crippen LogP contribution is 2.17. The number of nitrogens with zero attached hydrogens (tertiary/aromatic N) is 5. The molecule has 0 aromatic rings. The van der Waals surface area contributed by atoms with Crippen LogP contribution in [0, 0.1) is 11.8 Å². The monoisotopic (exact) mass is 682 g/mol. The maximum Gasteiger partial charge on any atom is 0.327 e. The van der Waals surface area contributed by atoms with Crippen molar-refractivity contribution in [1.82, 2.24) is 24.5 Å². The standard InChI is InChI=1S/C12H24N2O.C10H17NO2.C9H16N2O3.C6H14/c1-9(2)6-13-7-10(3)14(12(5)15)11(4)8-13;1-8(2)13-5-4-11-7-9(3)6-10(11)12;1-7(2)14-5-4-11-8(12)6-10(3)9(11)13;1-4-5-6(2)3/h9-11H,6-8H2,1-5H3;8H,3-7H2,1-2H3;7H,4-6H2,1-3H3;6H,4-5H2,1-3H3/t10-,11+;;;. The minimum absolute atomic E-state index is 0.125. The fraction of sp³-hybridized carbons (Fsp3) is 0.838. The fourth-order valence-electron chi connectivity index (χ4n) is 5.91.